The molecule has 1 fully saturated rings. The molecule has 0 aromatic heterocycles. The minimum atomic E-state index is -1.62. The summed E-state index contributed by atoms with van der Waals surface area (Å²) in [6.45, 7) is 0. The SMILES string of the molecule is O[C@@H]1C[S][Sb]([Cl])[S]C[C@@H]1O. The van der Waals surface area contributed by atoms with Gasteiger partial charge in [0.25, 0.3) is 0 Å². The van der Waals surface area contributed by atoms with Gasteiger partial charge in [-0.15, -0.1) is 0 Å². The van der Waals surface area contributed by atoms with Crippen molar-refractivity contribution in [3.05, 3.63) is 0 Å². The molecular weight excluding hydrogens is 301 g/mol. The van der Waals surface area contributed by atoms with Gasteiger partial charge >= 0.3 is 76.7 Å². The summed E-state index contributed by atoms with van der Waals surface area (Å²) < 4.78 is 0. The van der Waals surface area contributed by atoms with Crippen molar-refractivity contribution in [3.8, 4) is 0 Å². The third-order valence-corrected chi connectivity index (χ3v) is 16.7. The summed E-state index contributed by atoms with van der Waals surface area (Å²) in [7, 11) is 9.24. The van der Waals surface area contributed by atoms with Gasteiger partial charge < -0.3 is 0 Å². The molecule has 1 rings (SSSR count). The molecular formula is C4H8ClO2S2Sb. The van der Waals surface area contributed by atoms with Gasteiger partial charge in [-0.05, 0) is 0 Å². The number of rotatable bonds is 0. The second-order valence-electron chi connectivity index (χ2n) is 1.94. The van der Waals surface area contributed by atoms with E-state index in [-0.39, 0.29) is 0 Å². The zero-order valence-corrected chi connectivity index (χ0v) is 10.0. The first-order chi connectivity index (χ1) is 4.70. The Morgan fingerprint density at radius 2 is 1.60 bits per heavy atom. The molecule has 10 heavy (non-hydrogen) atoms. The van der Waals surface area contributed by atoms with Crippen LogP contribution in [0.3, 0.4) is 0 Å². The van der Waals surface area contributed by atoms with Gasteiger partial charge in [-0.1, -0.05) is 0 Å². The summed E-state index contributed by atoms with van der Waals surface area (Å²) in [5.74, 6) is 1.22. The van der Waals surface area contributed by atoms with Gasteiger partial charge in [0.2, 0.25) is 0 Å². The minimum absolute atomic E-state index is 0.564. The molecule has 1 heterocycles. The normalized spacial score (nSPS) is 37.5. The Balaban J connectivity index is 2.38. The molecule has 0 aromatic carbocycles. The van der Waals surface area contributed by atoms with Crippen LogP contribution in [-0.2, 0) is 0 Å². The molecule has 2 atom stereocenters. The van der Waals surface area contributed by atoms with E-state index in [2.05, 4.69) is 0 Å². The third-order valence-electron chi connectivity index (χ3n) is 1.14. The molecule has 6 heteroatoms. The van der Waals surface area contributed by atoms with Gasteiger partial charge in [-0.2, -0.15) is 0 Å². The van der Waals surface area contributed by atoms with E-state index in [9.17, 15) is 0 Å². The molecule has 0 aromatic rings. The monoisotopic (exact) mass is 308 g/mol. The topological polar surface area (TPSA) is 40.5 Å². The fourth-order valence-corrected chi connectivity index (χ4v) is 13.1. The number of hydrogen-bond donors (Lipinski definition) is 2. The molecule has 60 valence electrons. The first kappa shape index (κ1) is 9.81. The van der Waals surface area contributed by atoms with Gasteiger partial charge in [0, 0.05) is 0 Å². The van der Waals surface area contributed by atoms with E-state index in [0.29, 0.717) is 11.5 Å². The zero-order chi connectivity index (χ0) is 7.56. The number of aliphatic hydroxyl groups is 2. The Morgan fingerprint density at radius 1 is 1.20 bits per heavy atom. The summed E-state index contributed by atoms with van der Waals surface area (Å²) in [6, 6.07) is 0. The van der Waals surface area contributed by atoms with E-state index in [4.69, 9.17) is 19.0 Å². The first-order valence-corrected chi connectivity index (χ1v) is 14.1. The van der Waals surface area contributed by atoms with Gasteiger partial charge in [-0.3, -0.25) is 0 Å². The summed E-state index contributed by atoms with van der Waals surface area (Å²) in [5, 5.41) is 18.3. The van der Waals surface area contributed by atoms with Crippen LogP contribution < -0.4 is 0 Å². The maximum absolute atomic E-state index is 9.16. The summed E-state index contributed by atoms with van der Waals surface area (Å²) in [5.41, 5.74) is 0. The van der Waals surface area contributed by atoms with Gasteiger partial charge in [-0.25, -0.2) is 0 Å². The Labute approximate surface area is 76.2 Å². The molecule has 1 aliphatic rings. The molecule has 0 unspecified atom stereocenters. The molecule has 1 saturated heterocycles. The summed E-state index contributed by atoms with van der Waals surface area (Å²) in [6.07, 6.45) is -1.13. The average molecular weight is 309 g/mol. The number of halogens is 1. The predicted molar refractivity (Wildman–Crippen MR) is 48.5 cm³/mol. The van der Waals surface area contributed by atoms with Gasteiger partial charge in [0.1, 0.15) is 0 Å². The summed E-state index contributed by atoms with van der Waals surface area (Å²) >= 11 is -1.62. The van der Waals surface area contributed by atoms with Crippen LogP contribution >= 0.6 is 26.5 Å². The van der Waals surface area contributed by atoms with Crippen molar-refractivity contribution >= 4 is 42.8 Å². The van der Waals surface area contributed by atoms with Crippen LogP contribution in [0.2, 0.25) is 0 Å². The van der Waals surface area contributed by atoms with E-state index >= 15 is 0 Å². The predicted octanol–water partition coefficient (Wildman–Crippen LogP) is 0.412. The quantitative estimate of drug-likeness (QED) is 0.636. The van der Waals surface area contributed by atoms with Crippen molar-refractivity contribution in [1.29, 1.82) is 0 Å². The van der Waals surface area contributed by atoms with Crippen molar-refractivity contribution in [2.24, 2.45) is 0 Å². The molecule has 0 saturated carbocycles. The van der Waals surface area contributed by atoms with Gasteiger partial charge in [0.15, 0.2) is 0 Å². The van der Waals surface area contributed by atoms with Crippen LogP contribution in [0.15, 0.2) is 0 Å². The van der Waals surface area contributed by atoms with Crippen molar-refractivity contribution in [1.82, 2.24) is 0 Å². The van der Waals surface area contributed by atoms with Gasteiger partial charge in [0.05, 0.1) is 0 Å². The fourth-order valence-electron chi connectivity index (χ4n) is 0.529. The average Bonchev–Trinajstić information content (AvgIpc) is 2.04. The van der Waals surface area contributed by atoms with Crippen LogP contribution in [0, 0.1) is 0 Å². The zero-order valence-electron chi connectivity index (χ0n) is 5.11. The van der Waals surface area contributed by atoms with E-state index in [1.807, 2.05) is 0 Å². The van der Waals surface area contributed by atoms with Crippen LogP contribution in [0.1, 0.15) is 0 Å². The Bertz CT molecular complexity index is 105. The maximum atomic E-state index is 9.16. The molecule has 0 aliphatic carbocycles. The Morgan fingerprint density at radius 3 is 2.00 bits per heavy atom. The molecule has 2 nitrogen and oxygen atoms in total. The van der Waals surface area contributed by atoms with Crippen molar-refractivity contribution in [3.63, 3.8) is 0 Å². The molecule has 0 spiro atoms. The second kappa shape index (κ2) is 4.68. The van der Waals surface area contributed by atoms with Crippen LogP contribution in [0.5, 0.6) is 0 Å². The van der Waals surface area contributed by atoms with Crippen LogP contribution in [0.4, 0.5) is 0 Å². The number of hydrogen-bond acceptors (Lipinski definition) is 4. The Hall–Kier alpha value is 1.73. The van der Waals surface area contributed by atoms with E-state index < -0.39 is 28.5 Å². The standard InChI is InChI=1S/C4H10O2S2.ClH.Sb/c5-3(1-7)4(6)2-8;;/h3-8H,1-2H2;1H;/q;;+3/p-3/t3-,4+;;. The second-order valence-corrected chi connectivity index (χ2v) is 20.2. The first-order valence-electron chi connectivity index (χ1n) is 2.78. The van der Waals surface area contributed by atoms with E-state index in [1.165, 1.54) is 0 Å². The third kappa shape index (κ3) is 3.00. The fraction of sp³-hybridized carbons (Fsp3) is 1.00. The van der Waals surface area contributed by atoms with Crippen molar-refractivity contribution in [2.45, 2.75) is 12.2 Å². The summed E-state index contributed by atoms with van der Waals surface area (Å²) in [4.78, 5) is 0. The molecule has 0 amide bonds. The molecule has 0 radical (unpaired) electrons. The van der Waals surface area contributed by atoms with Crippen LogP contribution in [0.25, 0.3) is 0 Å². The van der Waals surface area contributed by atoms with Crippen LogP contribution in [-0.4, -0.2) is 50.2 Å². The molecule has 2 N–H and O–H groups in total. The number of aliphatic hydroxyl groups excluding tert-OH is 2. The van der Waals surface area contributed by atoms with E-state index in [1.54, 1.807) is 17.7 Å². The molecule has 1 aliphatic heterocycles. The van der Waals surface area contributed by atoms with Crippen molar-refractivity contribution < 1.29 is 10.2 Å². The van der Waals surface area contributed by atoms with Crippen molar-refractivity contribution in [2.75, 3.05) is 11.5 Å². The molecule has 0 bridgehead atoms. The van der Waals surface area contributed by atoms with E-state index in [0.717, 1.165) is 0 Å². The Kier molecular flexibility index (Phi) is 4.59.